The normalized spacial score (nSPS) is 10.8. The van der Waals surface area contributed by atoms with Gasteiger partial charge in [0.2, 0.25) is 0 Å². The van der Waals surface area contributed by atoms with Gasteiger partial charge in [-0.1, -0.05) is 6.07 Å². The first-order chi connectivity index (χ1) is 11.7. The number of H-pyrrole nitrogens is 1. The summed E-state index contributed by atoms with van der Waals surface area (Å²) in [4.78, 5) is 15.8. The third kappa shape index (κ3) is 3.43. The summed E-state index contributed by atoms with van der Waals surface area (Å²) < 4.78 is 11.1. The van der Waals surface area contributed by atoms with E-state index in [1.54, 1.807) is 18.2 Å². The summed E-state index contributed by atoms with van der Waals surface area (Å²) in [5.74, 6) is 1.35. The number of ketones is 1. The van der Waals surface area contributed by atoms with Gasteiger partial charge in [-0.25, -0.2) is 0 Å². The van der Waals surface area contributed by atoms with E-state index in [4.69, 9.17) is 9.47 Å². The molecule has 1 heterocycles. The molecule has 0 amide bonds. The quantitative estimate of drug-likeness (QED) is 0.656. The van der Waals surface area contributed by atoms with Gasteiger partial charge in [0.25, 0.3) is 0 Å². The van der Waals surface area contributed by atoms with Crippen LogP contribution in [0, 0.1) is 0 Å². The number of rotatable bonds is 7. The van der Waals surface area contributed by atoms with E-state index in [-0.39, 0.29) is 5.78 Å². The number of fused-ring (bicyclic) bond motifs is 1. The van der Waals surface area contributed by atoms with Crippen LogP contribution >= 0.6 is 0 Å². The lowest BCUT2D eigenvalue weighted by Crippen LogP contribution is -2.05. The molecule has 1 aromatic heterocycles. The minimum Gasteiger partial charge on any atom is -0.490 e. The zero-order valence-corrected chi connectivity index (χ0v) is 14.0. The molecule has 0 spiro atoms. The zero-order valence-electron chi connectivity index (χ0n) is 14.0. The Labute approximate surface area is 141 Å². The van der Waals surface area contributed by atoms with Crippen LogP contribution in [0.4, 0.5) is 0 Å². The van der Waals surface area contributed by atoms with E-state index in [1.165, 1.54) is 0 Å². The van der Waals surface area contributed by atoms with Crippen LogP contribution in [0.25, 0.3) is 10.9 Å². The SMILES string of the molecule is CCOc1ccc(C(=O)Cc2ccc3[nH]ccc3c2)cc1OCC. The van der Waals surface area contributed by atoms with E-state index in [1.807, 2.05) is 44.3 Å². The molecule has 124 valence electrons. The molecule has 0 fully saturated rings. The van der Waals surface area contributed by atoms with Crippen molar-refractivity contribution in [2.24, 2.45) is 0 Å². The molecule has 1 N–H and O–H groups in total. The molecule has 0 radical (unpaired) electrons. The van der Waals surface area contributed by atoms with Crippen LogP contribution < -0.4 is 9.47 Å². The van der Waals surface area contributed by atoms with Crippen LogP contribution in [0.2, 0.25) is 0 Å². The lowest BCUT2D eigenvalue weighted by atomic mass is 10.0. The van der Waals surface area contributed by atoms with Crippen LogP contribution in [0.3, 0.4) is 0 Å². The molecule has 0 unspecified atom stereocenters. The second-order valence-electron chi connectivity index (χ2n) is 5.53. The number of nitrogens with one attached hydrogen (secondary N) is 1. The monoisotopic (exact) mass is 323 g/mol. The van der Waals surface area contributed by atoms with Crippen molar-refractivity contribution in [2.75, 3.05) is 13.2 Å². The Morgan fingerprint density at radius 2 is 1.75 bits per heavy atom. The fourth-order valence-corrected chi connectivity index (χ4v) is 2.72. The van der Waals surface area contributed by atoms with Gasteiger partial charge in [0, 0.05) is 23.7 Å². The lowest BCUT2D eigenvalue weighted by molar-refractivity contribution is 0.0992. The van der Waals surface area contributed by atoms with Crippen molar-refractivity contribution in [1.29, 1.82) is 0 Å². The molecule has 0 saturated carbocycles. The summed E-state index contributed by atoms with van der Waals surface area (Å²) in [5, 5.41) is 1.11. The van der Waals surface area contributed by atoms with E-state index in [0.29, 0.717) is 36.7 Å². The summed E-state index contributed by atoms with van der Waals surface area (Å²) in [6.07, 6.45) is 2.26. The molecule has 2 aromatic carbocycles. The summed E-state index contributed by atoms with van der Waals surface area (Å²) in [7, 11) is 0. The number of aromatic nitrogens is 1. The first-order valence-electron chi connectivity index (χ1n) is 8.20. The molecule has 0 aliphatic carbocycles. The van der Waals surface area contributed by atoms with Crippen LogP contribution in [-0.2, 0) is 6.42 Å². The van der Waals surface area contributed by atoms with Gasteiger partial charge < -0.3 is 14.5 Å². The predicted molar refractivity (Wildman–Crippen MR) is 95.1 cm³/mol. The molecular formula is C20H21NO3. The second-order valence-corrected chi connectivity index (χ2v) is 5.53. The van der Waals surface area contributed by atoms with Crippen molar-refractivity contribution < 1.29 is 14.3 Å². The van der Waals surface area contributed by atoms with Crippen molar-refractivity contribution in [2.45, 2.75) is 20.3 Å². The Morgan fingerprint density at radius 3 is 2.54 bits per heavy atom. The number of carbonyl (C=O) groups excluding carboxylic acids is 1. The van der Waals surface area contributed by atoms with Gasteiger partial charge in [0.15, 0.2) is 17.3 Å². The summed E-state index contributed by atoms with van der Waals surface area (Å²) in [5.41, 5.74) is 2.71. The molecule has 3 rings (SSSR count). The second kappa shape index (κ2) is 7.21. The van der Waals surface area contributed by atoms with Crippen LogP contribution in [-0.4, -0.2) is 24.0 Å². The Bertz CT molecular complexity index is 851. The van der Waals surface area contributed by atoms with Crippen LogP contribution in [0.5, 0.6) is 11.5 Å². The molecule has 0 saturated heterocycles. The minimum absolute atomic E-state index is 0.0638. The van der Waals surface area contributed by atoms with Crippen LogP contribution in [0.1, 0.15) is 29.8 Å². The van der Waals surface area contributed by atoms with Gasteiger partial charge in [-0.15, -0.1) is 0 Å². The van der Waals surface area contributed by atoms with Gasteiger partial charge in [0.1, 0.15) is 0 Å². The largest absolute Gasteiger partial charge is 0.490 e. The fourth-order valence-electron chi connectivity index (χ4n) is 2.72. The number of Topliss-reactive ketones (excluding diaryl/α,β-unsaturated/α-hetero) is 1. The fraction of sp³-hybridized carbons (Fsp3) is 0.250. The highest BCUT2D eigenvalue weighted by molar-refractivity contribution is 5.98. The van der Waals surface area contributed by atoms with Crippen LogP contribution in [0.15, 0.2) is 48.7 Å². The molecule has 3 aromatic rings. The van der Waals surface area contributed by atoms with Crippen molar-refractivity contribution in [3.63, 3.8) is 0 Å². The van der Waals surface area contributed by atoms with E-state index >= 15 is 0 Å². The standard InChI is InChI=1S/C20H21NO3/c1-3-23-19-8-6-16(13-20(19)24-4-2)18(22)12-14-5-7-17-15(11-14)9-10-21-17/h5-11,13,21H,3-4,12H2,1-2H3. The molecule has 0 aliphatic heterocycles. The molecule has 0 atom stereocenters. The highest BCUT2D eigenvalue weighted by Crippen LogP contribution is 2.29. The third-order valence-electron chi connectivity index (χ3n) is 3.85. The Morgan fingerprint density at radius 1 is 0.958 bits per heavy atom. The highest BCUT2D eigenvalue weighted by atomic mass is 16.5. The first kappa shape index (κ1) is 16.1. The Kier molecular flexibility index (Phi) is 4.85. The molecule has 4 heteroatoms. The number of aromatic amines is 1. The van der Waals surface area contributed by atoms with E-state index in [2.05, 4.69) is 4.98 Å². The van der Waals surface area contributed by atoms with Gasteiger partial charge in [-0.05, 0) is 61.2 Å². The van der Waals surface area contributed by atoms with E-state index < -0.39 is 0 Å². The summed E-state index contributed by atoms with van der Waals surface area (Å²) in [6, 6.07) is 13.4. The van der Waals surface area contributed by atoms with Gasteiger partial charge in [0.05, 0.1) is 13.2 Å². The molecule has 24 heavy (non-hydrogen) atoms. The molecule has 0 aliphatic rings. The zero-order chi connectivity index (χ0) is 16.9. The van der Waals surface area contributed by atoms with Crippen molar-refractivity contribution in [1.82, 2.24) is 4.98 Å². The third-order valence-corrected chi connectivity index (χ3v) is 3.85. The van der Waals surface area contributed by atoms with E-state index in [0.717, 1.165) is 16.5 Å². The topological polar surface area (TPSA) is 51.3 Å². The molecular weight excluding hydrogens is 302 g/mol. The molecule has 0 bridgehead atoms. The average Bonchev–Trinajstić information content (AvgIpc) is 3.04. The lowest BCUT2D eigenvalue weighted by Gasteiger charge is -2.12. The minimum atomic E-state index is 0.0638. The van der Waals surface area contributed by atoms with Crippen molar-refractivity contribution >= 4 is 16.7 Å². The maximum atomic E-state index is 12.6. The van der Waals surface area contributed by atoms with Crippen molar-refractivity contribution in [3.05, 3.63) is 59.8 Å². The number of benzene rings is 2. The summed E-state index contributed by atoms with van der Waals surface area (Å²) >= 11 is 0. The highest BCUT2D eigenvalue weighted by Gasteiger charge is 2.12. The Hall–Kier alpha value is -2.75. The van der Waals surface area contributed by atoms with Gasteiger partial charge in [-0.2, -0.15) is 0 Å². The predicted octanol–water partition coefficient (Wildman–Crippen LogP) is 4.39. The van der Waals surface area contributed by atoms with Gasteiger partial charge >= 0.3 is 0 Å². The first-order valence-corrected chi connectivity index (χ1v) is 8.20. The summed E-state index contributed by atoms with van der Waals surface area (Å²) in [6.45, 7) is 4.92. The smallest absolute Gasteiger partial charge is 0.167 e. The Balaban J connectivity index is 1.81. The number of hydrogen-bond acceptors (Lipinski definition) is 3. The van der Waals surface area contributed by atoms with Crippen molar-refractivity contribution in [3.8, 4) is 11.5 Å². The number of hydrogen-bond donors (Lipinski definition) is 1. The number of ether oxygens (including phenoxy) is 2. The number of carbonyl (C=O) groups is 1. The average molecular weight is 323 g/mol. The van der Waals surface area contributed by atoms with E-state index in [9.17, 15) is 4.79 Å². The maximum absolute atomic E-state index is 12.6. The van der Waals surface area contributed by atoms with Gasteiger partial charge in [-0.3, -0.25) is 4.79 Å². The molecule has 4 nitrogen and oxygen atoms in total. The maximum Gasteiger partial charge on any atom is 0.167 e.